The number of carboxylic acids is 1. The third-order valence-corrected chi connectivity index (χ3v) is 4.55. The van der Waals surface area contributed by atoms with Crippen LogP contribution in [0.25, 0.3) is 0 Å². The van der Waals surface area contributed by atoms with Crippen molar-refractivity contribution in [2.45, 2.75) is 25.1 Å². The largest absolute Gasteiger partial charge is 0.480 e. The number of rotatable bonds is 6. The zero-order chi connectivity index (χ0) is 15.5. The highest BCUT2D eigenvalue weighted by atomic mass is 32.2. The number of carboxylic acid groups (broad SMARTS) is 1. The normalized spacial score (nSPS) is 14.5. The maximum Gasteiger partial charge on any atom is 0.323 e. The molecule has 2 atom stereocenters. The second kappa shape index (κ2) is 5.97. The van der Waals surface area contributed by atoms with E-state index in [-0.39, 0.29) is 5.69 Å². The van der Waals surface area contributed by atoms with E-state index in [1.165, 1.54) is 31.2 Å². The van der Waals surface area contributed by atoms with Crippen molar-refractivity contribution in [1.29, 1.82) is 0 Å². The molecule has 1 aromatic carbocycles. The van der Waals surface area contributed by atoms with Crippen molar-refractivity contribution < 1.29 is 23.2 Å². The summed E-state index contributed by atoms with van der Waals surface area (Å²) in [5.74, 6) is -1.47. The number of nitro benzene ring substituents is 1. The fraction of sp³-hybridized carbons (Fsp3) is 0.364. The molecule has 0 radical (unpaired) electrons. The fourth-order valence-corrected chi connectivity index (χ4v) is 2.56. The Labute approximate surface area is 115 Å². The molecule has 0 aromatic heterocycles. The van der Waals surface area contributed by atoms with Gasteiger partial charge in [-0.1, -0.05) is 12.1 Å². The number of benzene rings is 1. The summed E-state index contributed by atoms with van der Waals surface area (Å²) in [5, 5.41) is 17.7. The van der Waals surface area contributed by atoms with Gasteiger partial charge in [-0.3, -0.25) is 14.9 Å². The standard InChI is InChI=1S/C11H14N2O6S/c1-7(12-20(18,19)8(2)11(14)15)9-4-3-5-10(6-9)13(16)17/h3-8,12H,1-2H3,(H,14,15). The quantitative estimate of drug-likeness (QED) is 0.597. The molecule has 0 aliphatic carbocycles. The fourth-order valence-electron chi connectivity index (χ4n) is 1.46. The Hall–Kier alpha value is -2.00. The Kier molecular flexibility index (Phi) is 4.79. The van der Waals surface area contributed by atoms with Crippen molar-refractivity contribution in [3.05, 3.63) is 39.9 Å². The molecular formula is C11H14N2O6S. The Morgan fingerprint density at radius 3 is 2.50 bits per heavy atom. The number of aliphatic carboxylic acids is 1. The first-order chi connectivity index (χ1) is 9.15. The number of nitrogens with one attached hydrogen (secondary N) is 1. The van der Waals surface area contributed by atoms with E-state index in [1.54, 1.807) is 0 Å². The second-order valence-electron chi connectivity index (χ2n) is 4.22. The monoisotopic (exact) mass is 302 g/mol. The molecule has 9 heteroatoms. The molecule has 2 N–H and O–H groups in total. The van der Waals surface area contributed by atoms with Crippen LogP contribution in [0.2, 0.25) is 0 Å². The van der Waals surface area contributed by atoms with Crippen LogP contribution >= 0.6 is 0 Å². The summed E-state index contributed by atoms with van der Waals surface area (Å²) in [5.41, 5.74) is 0.209. The van der Waals surface area contributed by atoms with Gasteiger partial charge in [-0.2, -0.15) is 0 Å². The first-order valence-electron chi connectivity index (χ1n) is 5.63. The van der Waals surface area contributed by atoms with E-state index in [4.69, 9.17) is 5.11 Å². The summed E-state index contributed by atoms with van der Waals surface area (Å²) < 4.78 is 25.7. The third kappa shape index (κ3) is 3.75. The van der Waals surface area contributed by atoms with Crippen LogP contribution in [0.5, 0.6) is 0 Å². The van der Waals surface area contributed by atoms with Gasteiger partial charge in [0.05, 0.1) is 4.92 Å². The molecule has 0 fully saturated rings. The Balaban J connectivity index is 2.97. The highest BCUT2D eigenvalue weighted by molar-refractivity contribution is 7.90. The molecule has 0 saturated heterocycles. The second-order valence-corrected chi connectivity index (χ2v) is 6.25. The third-order valence-electron chi connectivity index (χ3n) is 2.74. The Bertz CT molecular complexity index is 628. The van der Waals surface area contributed by atoms with Gasteiger partial charge in [0.15, 0.2) is 5.25 Å². The van der Waals surface area contributed by atoms with Gasteiger partial charge in [0.1, 0.15) is 0 Å². The summed E-state index contributed by atoms with van der Waals surface area (Å²) in [7, 11) is -4.06. The number of carbonyl (C=O) groups is 1. The van der Waals surface area contributed by atoms with Crippen molar-refractivity contribution in [2.24, 2.45) is 0 Å². The maximum atomic E-state index is 11.7. The summed E-state index contributed by atoms with van der Waals surface area (Å²) >= 11 is 0. The summed E-state index contributed by atoms with van der Waals surface area (Å²) in [6.45, 7) is 2.52. The lowest BCUT2D eigenvalue weighted by atomic mass is 10.1. The minimum absolute atomic E-state index is 0.167. The first kappa shape index (κ1) is 16.1. The average molecular weight is 302 g/mol. The van der Waals surface area contributed by atoms with E-state index in [9.17, 15) is 23.3 Å². The van der Waals surface area contributed by atoms with E-state index < -0.39 is 32.2 Å². The van der Waals surface area contributed by atoms with Crippen molar-refractivity contribution in [1.82, 2.24) is 4.72 Å². The molecule has 0 amide bonds. The van der Waals surface area contributed by atoms with Gasteiger partial charge >= 0.3 is 5.97 Å². The molecule has 1 aromatic rings. The summed E-state index contributed by atoms with van der Waals surface area (Å²) in [6, 6.07) is 4.69. The lowest BCUT2D eigenvalue weighted by molar-refractivity contribution is -0.384. The van der Waals surface area contributed by atoms with Gasteiger partial charge in [0.25, 0.3) is 5.69 Å². The Morgan fingerprint density at radius 2 is 2.00 bits per heavy atom. The topological polar surface area (TPSA) is 127 Å². The Morgan fingerprint density at radius 1 is 1.40 bits per heavy atom. The molecule has 0 heterocycles. The van der Waals surface area contributed by atoms with E-state index in [0.29, 0.717) is 5.56 Å². The number of non-ortho nitro benzene ring substituents is 1. The maximum absolute atomic E-state index is 11.7. The molecule has 0 aliphatic rings. The smallest absolute Gasteiger partial charge is 0.323 e. The van der Waals surface area contributed by atoms with Gasteiger partial charge < -0.3 is 5.11 Å². The van der Waals surface area contributed by atoms with Gasteiger partial charge in [-0.15, -0.1) is 0 Å². The predicted molar refractivity (Wildman–Crippen MR) is 70.7 cm³/mol. The number of hydrogen-bond acceptors (Lipinski definition) is 5. The molecule has 0 saturated carbocycles. The highest BCUT2D eigenvalue weighted by Crippen LogP contribution is 2.20. The summed E-state index contributed by atoms with van der Waals surface area (Å²) in [6.07, 6.45) is 0. The van der Waals surface area contributed by atoms with E-state index in [1.807, 2.05) is 0 Å². The van der Waals surface area contributed by atoms with Crippen molar-refractivity contribution in [3.63, 3.8) is 0 Å². The number of nitro groups is 1. The first-order valence-corrected chi connectivity index (χ1v) is 7.18. The molecule has 1 rings (SSSR count). The predicted octanol–water partition coefficient (Wildman–Crippen LogP) is 1.05. The SMILES string of the molecule is CC(NS(=O)(=O)C(C)C(=O)O)c1cccc([N+](=O)[O-])c1. The van der Waals surface area contributed by atoms with Crippen LogP contribution < -0.4 is 4.72 Å². The van der Waals surface area contributed by atoms with E-state index in [0.717, 1.165) is 6.92 Å². The van der Waals surface area contributed by atoms with Crippen LogP contribution in [0.4, 0.5) is 5.69 Å². The van der Waals surface area contributed by atoms with Crippen molar-refractivity contribution >= 4 is 21.7 Å². The van der Waals surface area contributed by atoms with Gasteiger partial charge in [0.2, 0.25) is 10.0 Å². The van der Waals surface area contributed by atoms with Crippen LogP contribution in [0.15, 0.2) is 24.3 Å². The van der Waals surface area contributed by atoms with Crippen LogP contribution in [0.3, 0.4) is 0 Å². The lowest BCUT2D eigenvalue weighted by Crippen LogP contribution is -2.38. The molecule has 0 aliphatic heterocycles. The zero-order valence-electron chi connectivity index (χ0n) is 10.8. The van der Waals surface area contributed by atoms with Crippen molar-refractivity contribution in [2.75, 3.05) is 0 Å². The number of sulfonamides is 1. The van der Waals surface area contributed by atoms with Crippen LogP contribution in [0, 0.1) is 10.1 Å². The number of hydrogen-bond donors (Lipinski definition) is 2. The minimum Gasteiger partial charge on any atom is -0.480 e. The molecule has 110 valence electrons. The average Bonchev–Trinajstić information content (AvgIpc) is 2.37. The van der Waals surface area contributed by atoms with Crippen molar-refractivity contribution in [3.8, 4) is 0 Å². The molecule has 20 heavy (non-hydrogen) atoms. The van der Waals surface area contributed by atoms with E-state index in [2.05, 4.69) is 4.72 Å². The molecule has 0 spiro atoms. The molecular weight excluding hydrogens is 288 g/mol. The summed E-state index contributed by atoms with van der Waals surface area (Å²) in [4.78, 5) is 20.8. The van der Waals surface area contributed by atoms with Gasteiger partial charge in [-0.25, -0.2) is 13.1 Å². The minimum atomic E-state index is -4.06. The molecule has 8 nitrogen and oxygen atoms in total. The van der Waals surface area contributed by atoms with E-state index >= 15 is 0 Å². The van der Waals surface area contributed by atoms with Crippen LogP contribution in [0.1, 0.15) is 25.5 Å². The zero-order valence-corrected chi connectivity index (χ0v) is 11.6. The lowest BCUT2D eigenvalue weighted by Gasteiger charge is -2.16. The molecule has 2 unspecified atom stereocenters. The van der Waals surface area contributed by atoms with Crippen LogP contribution in [-0.4, -0.2) is 29.7 Å². The molecule has 0 bridgehead atoms. The van der Waals surface area contributed by atoms with Gasteiger partial charge in [0, 0.05) is 18.2 Å². The number of nitrogens with zero attached hydrogens (tertiary/aromatic N) is 1. The van der Waals surface area contributed by atoms with Crippen LogP contribution in [-0.2, 0) is 14.8 Å². The van der Waals surface area contributed by atoms with Gasteiger partial charge in [-0.05, 0) is 19.4 Å². The highest BCUT2D eigenvalue weighted by Gasteiger charge is 2.29.